The maximum Gasteiger partial charge on any atom is 0.258 e. The van der Waals surface area contributed by atoms with E-state index in [1.807, 2.05) is 31.2 Å². The Labute approximate surface area is 152 Å². The predicted molar refractivity (Wildman–Crippen MR) is 99.1 cm³/mol. The molecule has 1 aromatic carbocycles. The summed E-state index contributed by atoms with van der Waals surface area (Å²) < 4.78 is 11.0. The lowest BCUT2D eigenvalue weighted by molar-refractivity contribution is -0.123. The third-order valence-corrected chi connectivity index (χ3v) is 5.18. The number of benzene rings is 1. The van der Waals surface area contributed by atoms with Gasteiger partial charge in [0, 0.05) is 24.5 Å². The van der Waals surface area contributed by atoms with Crippen LogP contribution >= 0.6 is 11.3 Å². The molecule has 1 amide bonds. The molecular weight excluding hydrogens is 336 g/mol. The van der Waals surface area contributed by atoms with E-state index in [4.69, 9.17) is 9.47 Å². The van der Waals surface area contributed by atoms with E-state index in [1.54, 1.807) is 11.3 Å². The number of carbonyl (C=O) groups is 1. The molecule has 1 fully saturated rings. The molecule has 0 aliphatic carbocycles. The Morgan fingerprint density at radius 3 is 2.88 bits per heavy atom. The van der Waals surface area contributed by atoms with Crippen molar-refractivity contribution >= 4 is 17.2 Å². The summed E-state index contributed by atoms with van der Waals surface area (Å²) in [5, 5.41) is 5.09. The van der Waals surface area contributed by atoms with Crippen molar-refractivity contribution in [3.05, 3.63) is 52.2 Å². The van der Waals surface area contributed by atoms with Crippen molar-refractivity contribution in [3.63, 3.8) is 0 Å². The van der Waals surface area contributed by atoms with Gasteiger partial charge in [-0.15, -0.1) is 11.3 Å². The molecule has 2 heterocycles. The van der Waals surface area contributed by atoms with Gasteiger partial charge in [0.25, 0.3) is 5.91 Å². The van der Waals surface area contributed by atoms with Crippen molar-refractivity contribution in [2.45, 2.75) is 13.0 Å². The highest BCUT2D eigenvalue weighted by atomic mass is 32.1. The second kappa shape index (κ2) is 8.99. The van der Waals surface area contributed by atoms with E-state index < -0.39 is 0 Å². The van der Waals surface area contributed by atoms with E-state index in [2.05, 4.69) is 27.7 Å². The quantitative estimate of drug-likeness (QED) is 0.825. The maximum absolute atomic E-state index is 12.2. The summed E-state index contributed by atoms with van der Waals surface area (Å²) in [6.07, 6.45) is 0. The molecule has 134 valence electrons. The highest BCUT2D eigenvalue weighted by Crippen LogP contribution is 2.25. The second-order valence-corrected chi connectivity index (χ2v) is 7.07. The number of ether oxygens (including phenoxy) is 2. The van der Waals surface area contributed by atoms with E-state index in [0.717, 1.165) is 37.6 Å². The minimum Gasteiger partial charge on any atom is -0.484 e. The van der Waals surface area contributed by atoms with Crippen LogP contribution in [0.15, 0.2) is 41.8 Å². The summed E-state index contributed by atoms with van der Waals surface area (Å²) in [5.41, 5.74) is 1.11. The molecule has 1 aliphatic rings. The first-order valence-electron chi connectivity index (χ1n) is 8.54. The van der Waals surface area contributed by atoms with Crippen LogP contribution in [0.4, 0.5) is 0 Å². The summed E-state index contributed by atoms with van der Waals surface area (Å²) >= 11 is 1.72. The van der Waals surface area contributed by atoms with E-state index in [9.17, 15) is 4.79 Å². The van der Waals surface area contributed by atoms with E-state index in [-0.39, 0.29) is 18.6 Å². The van der Waals surface area contributed by atoms with Gasteiger partial charge < -0.3 is 14.8 Å². The Bertz CT molecular complexity index is 669. The zero-order valence-corrected chi connectivity index (χ0v) is 15.3. The lowest BCUT2D eigenvalue weighted by Crippen LogP contribution is -2.44. The van der Waals surface area contributed by atoms with Crippen LogP contribution in [0.5, 0.6) is 5.75 Å². The van der Waals surface area contributed by atoms with Crippen LogP contribution < -0.4 is 10.1 Å². The molecule has 0 bridgehead atoms. The molecule has 1 N–H and O–H groups in total. The second-order valence-electron chi connectivity index (χ2n) is 6.09. The molecule has 3 rings (SSSR count). The third kappa shape index (κ3) is 5.29. The lowest BCUT2D eigenvalue weighted by atomic mass is 10.2. The van der Waals surface area contributed by atoms with Crippen molar-refractivity contribution in [1.82, 2.24) is 10.2 Å². The normalized spacial score (nSPS) is 16.4. The molecule has 2 aromatic rings. The first-order chi connectivity index (χ1) is 12.2. The van der Waals surface area contributed by atoms with Gasteiger partial charge in [-0.2, -0.15) is 0 Å². The predicted octanol–water partition coefficient (Wildman–Crippen LogP) is 2.63. The molecule has 1 atom stereocenters. The lowest BCUT2D eigenvalue weighted by Gasteiger charge is -2.34. The first-order valence-corrected chi connectivity index (χ1v) is 9.42. The fourth-order valence-electron chi connectivity index (χ4n) is 2.90. The summed E-state index contributed by atoms with van der Waals surface area (Å²) in [6, 6.07) is 12.1. The molecule has 0 spiro atoms. The minimum atomic E-state index is -0.101. The van der Waals surface area contributed by atoms with E-state index in [1.165, 1.54) is 4.88 Å². The number of carbonyl (C=O) groups excluding carboxylic acids is 1. The van der Waals surface area contributed by atoms with Crippen LogP contribution in [-0.2, 0) is 9.53 Å². The van der Waals surface area contributed by atoms with Gasteiger partial charge in [-0.05, 0) is 36.1 Å². The van der Waals surface area contributed by atoms with Crippen LogP contribution in [0.1, 0.15) is 16.5 Å². The number of amides is 1. The Morgan fingerprint density at radius 2 is 2.16 bits per heavy atom. The minimum absolute atomic E-state index is 0.0315. The molecule has 1 saturated heterocycles. The highest BCUT2D eigenvalue weighted by molar-refractivity contribution is 7.10. The Hall–Kier alpha value is -1.89. The smallest absolute Gasteiger partial charge is 0.258 e. The van der Waals surface area contributed by atoms with Crippen LogP contribution in [0.2, 0.25) is 0 Å². The molecule has 6 heteroatoms. The van der Waals surface area contributed by atoms with Gasteiger partial charge in [0.15, 0.2) is 6.61 Å². The van der Waals surface area contributed by atoms with Gasteiger partial charge in [0.1, 0.15) is 5.75 Å². The fraction of sp³-hybridized carbons (Fsp3) is 0.421. The molecule has 1 aliphatic heterocycles. The van der Waals surface area contributed by atoms with Gasteiger partial charge in [-0.3, -0.25) is 9.69 Å². The number of morpholine rings is 1. The van der Waals surface area contributed by atoms with Gasteiger partial charge in [0.2, 0.25) is 0 Å². The number of rotatable bonds is 7. The molecule has 1 aromatic heterocycles. The first kappa shape index (κ1) is 17.9. The number of nitrogens with zero attached hydrogens (tertiary/aromatic N) is 1. The van der Waals surface area contributed by atoms with Crippen LogP contribution in [-0.4, -0.2) is 50.3 Å². The number of thiophene rings is 1. The number of nitrogens with one attached hydrogen (secondary N) is 1. The zero-order chi connectivity index (χ0) is 17.5. The van der Waals surface area contributed by atoms with E-state index in [0.29, 0.717) is 6.54 Å². The molecule has 0 saturated carbocycles. The van der Waals surface area contributed by atoms with Gasteiger partial charge in [-0.25, -0.2) is 0 Å². The van der Waals surface area contributed by atoms with Crippen LogP contribution in [0.25, 0.3) is 0 Å². The Morgan fingerprint density at radius 1 is 1.32 bits per heavy atom. The average molecular weight is 360 g/mol. The average Bonchev–Trinajstić information content (AvgIpc) is 3.15. The monoisotopic (exact) mass is 360 g/mol. The number of aryl methyl sites for hydroxylation is 1. The number of hydrogen-bond acceptors (Lipinski definition) is 5. The molecular formula is C19H24N2O3S. The van der Waals surface area contributed by atoms with Crippen molar-refractivity contribution in [3.8, 4) is 5.75 Å². The van der Waals surface area contributed by atoms with Crippen LogP contribution in [0.3, 0.4) is 0 Å². The summed E-state index contributed by atoms with van der Waals surface area (Å²) in [5.74, 6) is 0.620. The third-order valence-electron chi connectivity index (χ3n) is 4.21. The maximum atomic E-state index is 12.2. The highest BCUT2D eigenvalue weighted by Gasteiger charge is 2.23. The SMILES string of the molecule is Cc1cccc(OCC(=O)NC[C@H](c2cccs2)N2CCOCC2)c1. The molecule has 0 unspecified atom stereocenters. The van der Waals surface area contributed by atoms with Crippen molar-refractivity contribution < 1.29 is 14.3 Å². The van der Waals surface area contributed by atoms with Gasteiger partial charge in [-0.1, -0.05) is 18.2 Å². The van der Waals surface area contributed by atoms with Crippen molar-refractivity contribution in [2.24, 2.45) is 0 Å². The van der Waals surface area contributed by atoms with E-state index >= 15 is 0 Å². The molecule has 5 nitrogen and oxygen atoms in total. The Balaban J connectivity index is 1.52. The molecule has 25 heavy (non-hydrogen) atoms. The van der Waals surface area contributed by atoms with Crippen LogP contribution in [0, 0.1) is 6.92 Å². The summed E-state index contributed by atoms with van der Waals surface area (Å²) in [4.78, 5) is 15.8. The molecule has 0 radical (unpaired) electrons. The van der Waals surface area contributed by atoms with Gasteiger partial charge >= 0.3 is 0 Å². The van der Waals surface area contributed by atoms with Crippen molar-refractivity contribution in [1.29, 1.82) is 0 Å². The van der Waals surface area contributed by atoms with Gasteiger partial charge in [0.05, 0.1) is 19.3 Å². The topological polar surface area (TPSA) is 50.8 Å². The summed E-state index contributed by atoms with van der Waals surface area (Å²) in [6.45, 7) is 5.87. The summed E-state index contributed by atoms with van der Waals surface area (Å²) in [7, 11) is 0. The zero-order valence-electron chi connectivity index (χ0n) is 14.4. The Kier molecular flexibility index (Phi) is 6.44. The fourth-order valence-corrected chi connectivity index (χ4v) is 3.76. The standard InChI is InChI=1S/C19H24N2O3S/c1-15-4-2-5-16(12-15)24-14-19(22)20-13-17(18-6-3-11-25-18)21-7-9-23-10-8-21/h2-6,11-12,17H,7-10,13-14H2,1H3,(H,20,22)/t17-/m1/s1. The largest absolute Gasteiger partial charge is 0.484 e. The number of hydrogen-bond donors (Lipinski definition) is 1. The van der Waals surface area contributed by atoms with Crippen molar-refractivity contribution in [2.75, 3.05) is 39.5 Å².